The zero-order valence-corrected chi connectivity index (χ0v) is 24.6. The van der Waals surface area contributed by atoms with E-state index in [4.69, 9.17) is 4.74 Å². The van der Waals surface area contributed by atoms with Crippen LogP contribution in [-0.4, -0.2) is 39.9 Å². The summed E-state index contributed by atoms with van der Waals surface area (Å²) >= 11 is 0. The SMILES string of the molecule is CCc1ccc2c(c1)[C@@H](NC[C@@H](O)[C@H](Cc1ccccc1)NC(=O)c1ccc(=O)n(C3CCCC3)c1)CC1(CCC1)O2. The van der Waals surface area contributed by atoms with E-state index in [1.165, 1.54) is 18.1 Å². The fourth-order valence-electron chi connectivity index (χ4n) is 6.91. The van der Waals surface area contributed by atoms with Crippen LogP contribution < -0.4 is 20.9 Å². The number of ether oxygens (including phenoxy) is 1. The number of hydrogen-bond donors (Lipinski definition) is 3. The minimum Gasteiger partial charge on any atom is -0.487 e. The Bertz CT molecular complexity index is 1440. The van der Waals surface area contributed by atoms with E-state index in [2.05, 4.69) is 35.8 Å². The molecular formula is C35H43N3O4. The van der Waals surface area contributed by atoms with Crippen LogP contribution in [0.15, 0.2) is 71.7 Å². The second-order valence-corrected chi connectivity index (χ2v) is 12.5. The summed E-state index contributed by atoms with van der Waals surface area (Å²) in [6, 6.07) is 19.2. The van der Waals surface area contributed by atoms with Crippen LogP contribution in [0, 0.1) is 0 Å². The first-order chi connectivity index (χ1) is 20.4. The number of aliphatic hydroxyl groups excluding tert-OH is 1. The standard InChI is InChI=1S/C35H43N3O4/c1-2-24-13-15-32-28(19-24)30(21-35(42-32)17-8-18-35)36-22-31(39)29(20-25-9-4-3-5-10-25)37-34(41)26-14-16-33(40)38(23-26)27-11-6-7-12-27/h3-5,9-10,13-16,19,23,27,29-31,36,39H,2,6-8,11-12,17-18,20-22H2,1H3,(H,37,41)/t29-,30-,31+/m0/s1. The average molecular weight is 570 g/mol. The maximum Gasteiger partial charge on any atom is 0.253 e. The molecule has 3 aliphatic rings. The Morgan fingerprint density at radius 2 is 1.83 bits per heavy atom. The van der Waals surface area contributed by atoms with Gasteiger partial charge in [-0.15, -0.1) is 0 Å². The van der Waals surface area contributed by atoms with Crippen molar-refractivity contribution in [3.05, 3.63) is 99.5 Å². The molecule has 42 heavy (non-hydrogen) atoms. The van der Waals surface area contributed by atoms with Gasteiger partial charge in [0.05, 0.1) is 17.7 Å². The molecule has 222 valence electrons. The maximum atomic E-state index is 13.5. The summed E-state index contributed by atoms with van der Waals surface area (Å²) in [5.74, 6) is 0.663. The molecule has 0 bridgehead atoms. The molecule has 2 heterocycles. The van der Waals surface area contributed by atoms with E-state index in [0.29, 0.717) is 18.5 Å². The van der Waals surface area contributed by atoms with E-state index < -0.39 is 12.1 Å². The number of benzene rings is 2. The molecule has 2 fully saturated rings. The van der Waals surface area contributed by atoms with Crippen molar-refractivity contribution in [2.45, 2.75) is 101 Å². The smallest absolute Gasteiger partial charge is 0.253 e. The summed E-state index contributed by atoms with van der Waals surface area (Å²) in [7, 11) is 0. The van der Waals surface area contributed by atoms with Crippen LogP contribution in [0.3, 0.4) is 0 Å². The summed E-state index contributed by atoms with van der Waals surface area (Å²) in [6.45, 7) is 2.48. The van der Waals surface area contributed by atoms with Gasteiger partial charge >= 0.3 is 0 Å². The monoisotopic (exact) mass is 569 g/mol. The van der Waals surface area contributed by atoms with Gasteiger partial charge < -0.3 is 25.0 Å². The molecule has 7 heteroatoms. The Hall–Kier alpha value is -3.42. The molecule has 1 spiro atoms. The van der Waals surface area contributed by atoms with Gasteiger partial charge in [0.2, 0.25) is 0 Å². The summed E-state index contributed by atoms with van der Waals surface area (Å²) < 4.78 is 8.21. The number of nitrogens with zero attached hydrogens (tertiary/aromatic N) is 1. The predicted molar refractivity (Wildman–Crippen MR) is 164 cm³/mol. The van der Waals surface area contributed by atoms with Crippen molar-refractivity contribution >= 4 is 5.91 Å². The van der Waals surface area contributed by atoms with Crippen LogP contribution in [0.1, 0.15) is 97.4 Å². The second kappa shape index (κ2) is 12.4. The predicted octanol–water partition coefficient (Wildman–Crippen LogP) is 5.26. The van der Waals surface area contributed by atoms with Crippen LogP contribution in [0.2, 0.25) is 0 Å². The molecule has 2 saturated carbocycles. The van der Waals surface area contributed by atoms with Gasteiger partial charge in [-0.2, -0.15) is 0 Å². The first-order valence-corrected chi connectivity index (χ1v) is 15.7. The molecule has 3 atom stereocenters. The summed E-state index contributed by atoms with van der Waals surface area (Å²) in [4.78, 5) is 26.1. The number of aromatic nitrogens is 1. The third-order valence-corrected chi connectivity index (χ3v) is 9.60. The highest BCUT2D eigenvalue weighted by Crippen LogP contribution is 2.49. The van der Waals surface area contributed by atoms with E-state index >= 15 is 0 Å². The molecule has 7 nitrogen and oxygen atoms in total. The van der Waals surface area contributed by atoms with E-state index in [0.717, 1.165) is 68.2 Å². The lowest BCUT2D eigenvalue weighted by atomic mass is 9.72. The first-order valence-electron chi connectivity index (χ1n) is 15.7. The van der Waals surface area contributed by atoms with E-state index in [1.54, 1.807) is 16.8 Å². The molecule has 1 amide bonds. The van der Waals surface area contributed by atoms with Crippen LogP contribution in [0.25, 0.3) is 0 Å². The number of carbonyl (C=O) groups excluding carboxylic acids is 1. The molecular weight excluding hydrogens is 526 g/mol. The van der Waals surface area contributed by atoms with Crippen LogP contribution >= 0.6 is 0 Å². The van der Waals surface area contributed by atoms with Crippen molar-refractivity contribution < 1.29 is 14.6 Å². The third kappa shape index (κ3) is 6.18. The van der Waals surface area contributed by atoms with Crippen LogP contribution in [0.4, 0.5) is 0 Å². The third-order valence-electron chi connectivity index (χ3n) is 9.60. The van der Waals surface area contributed by atoms with Crippen LogP contribution in [-0.2, 0) is 12.8 Å². The molecule has 3 aromatic rings. The topological polar surface area (TPSA) is 92.6 Å². The highest BCUT2D eigenvalue weighted by Gasteiger charge is 2.45. The van der Waals surface area contributed by atoms with Gasteiger partial charge in [-0.25, -0.2) is 0 Å². The van der Waals surface area contributed by atoms with Gasteiger partial charge in [-0.1, -0.05) is 62.2 Å². The maximum absolute atomic E-state index is 13.5. The van der Waals surface area contributed by atoms with Crippen molar-refractivity contribution in [2.24, 2.45) is 0 Å². The van der Waals surface area contributed by atoms with E-state index in [9.17, 15) is 14.7 Å². The lowest BCUT2D eigenvalue weighted by Crippen LogP contribution is -2.52. The Kier molecular flexibility index (Phi) is 8.50. The number of pyridine rings is 1. The number of amides is 1. The molecule has 0 unspecified atom stereocenters. The quantitative estimate of drug-likeness (QED) is 0.310. The highest BCUT2D eigenvalue weighted by atomic mass is 16.5. The molecule has 0 saturated heterocycles. The van der Waals surface area contributed by atoms with Gasteiger partial charge in [0.1, 0.15) is 11.4 Å². The molecule has 3 N–H and O–H groups in total. The number of aryl methyl sites for hydroxylation is 1. The zero-order valence-electron chi connectivity index (χ0n) is 24.6. The molecule has 6 rings (SSSR count). The first kappa shape index (κ1) is 28.7. The van der Waals surface area contributed by atoms with Gasteiger partial charge in [0.15, 0.2) is 0 Å². The second-order valence-electron chi connectivity index (χ2n) is 12.5. The number of aliphatic hydroxyl groups is 1. The van der Waals surface area contributed by atoms with E-state index in [-0.39, 0.29) is 29.2 Å². The normalized spacial score (nSPS) is 20.8. The van der Waals surface area contributed by atoms with Gasteiger partial charge in [-0.3, -0.25) is 9.59 Å². The van der Waals surface area contributed by atoms with Gasteiger partial charge in [0, 0.05) is 42.9 Å². The number of nitrogens with one attached hydrogen (secondary N) is 2. The molecule has 1 aromatic heterocycles. The Labute approximate surface area is 248 Å². The Balaban J connectivity index is 1.20. The van der Waals surface area contributed by atoms with Crippen molar-refractivity contribution in [2.75, 3.05) is 6.54 Å². The lowest BCUT2D eigenvalue weighted by Gasteiger charge is -2.48. The van der Waals surface area contributed by atoms with E-state index in [1.807, 2.05) is 30.3 Å². The fourth-order valence-corrected chi connectivity index (χ4v) is 6.91. The Morgan fingerprint density at radius 1 is 1.05 bits per heavy atom. The van der Waals surface area contributed by atoms with Crippen molar-refractivity contribution in [3.8, 4) is 5.75 Å². The number of carbonyl (C=O) groups is 1. The number of fused-ring (bicyclic) bond motifs is 1. The van der Waals surface area contributed by atoms with Gasteiger partial charge in [-0.05, 0) is 68.2 Å². The average Bonchev–Trinajstić information content (AvgIpc) is 3.54. The minimum atomic E-state index is -0.826. The minimum absolute atomic E-state index is 0.0678. The van der Waals surface area contributed by atoms with Crippen molar-refractivity contribution in [1.29, 1.82) is 0 Å². The molecule has 1 aliphatic heterocycles. The largest absolute Gasteiger partial charge is 0.487 e. The van der Waals surface area contributed by atoms with Gasteiger partial charge in [0.25, 0.3) is 11.5 Å². The van der Waals surface area contributed by atoms with Crippen LogP contribution in [0.5, 0.6) is 5.75 Å². The Morgan fingerprint density at radius 3 is 2.55 bits per heavy atom. The zero-order chi connectivity index (χ0) is 29.1. The van der Waals surface area contributed by atoms with Crippen molar-refractivity contribution in [1.82, 2.24) is 15.2 Å². The molecule has 2 aromatic carbocycles. The number of rotatable bonds is 10. The summed E-state index contributed by atoms with van der Waals surface area (Å²) in [5, 5.41) is 18.3. The summed E-state index contributed by atoms with van der Waals surface area (Å²) in [5.41, 5.74) is 3.70. The summed E-state index contributed by atoms with van der Waals surface area (Å²) in [6.07, 6.45) is 10.6. The molecule has 0 radical (unpaired) electrons. The lowest BCUT2D eigenvalue weighted by molar-refractivity contribution is -0.0382. The highest BCUT2D eigenvalue weighted by molar-refractivity contribution is 5.94. The molecule has 2 aliphatic carbocycles. The van der Waals surface area contributed by atoms with Crippen molar-refractivity contribution in [3.63, 3.8) is 0 Å². The number of hydrogen-bond acceptors (Lipinski definition) is 5. The fraction of sp³-hybridized carbons (Fsp3) is 0.486.